The molecule has 0 aliphatic carbocycles. The van der Waals surface area contributed by atoms with Crippen LogP contribution in [0.4, 0.5) is 4.79 Å². The Labute approximate surface area is 176 Å². The van der Waals surface area contributed by atoms with E-state index < -0.39 is 11.7 Å². The molecule has 2 aliphatic heterocycles. The highest BCUT2D eigenvalue weighted by Crippen LogP contribution is 2.24. The lowest BCUT2D eigenvalue weighted by atomic mass is 9.93. The molecule has 0 bridgehead atoms. The first-order valence-electron chi connectivity index (χ1n) is 10.3. The number of likely N-dealkylation sites (tertiary alicyclic amines) is 2. The van der Waals surface area contributed by atoms with Crippen LogP contribution in [0.5, 0.6) is 0 Å². The number of alkyl carbamates (subject to hydrolysis) is 1. The van der Waals surface area contributed by atoms with Crippen LogP contribution >= 0.6 is 11.3 Å². The highest BCUT2D eigenvalue weighted by molar-refractivity contribution is 7.12. The molecule has 7 nitrogen and oxygen atoms in total. The Morgan fingerprint density at radius 3 is 2.21 bits per heavy atom. The molecule has 0 atom stereocenters. The number of carbonyl (C=O) groups is 3. The van der Waals surface area contributed by atoms with Crippen LogP contribution < -0.4 is 5.32 Å². The van der Waals surface area contributed by atoms with Gasteiger partial charge >= 0.3 is 6.09 Å². The Hall–Kier alpha value is -2.09. The SMILES string of the molecule is CC(C)(C)OC(=O)NC1CCN(C(=O)C2CCN(C(=O)c3cccs3)CC2)CC1. The van der Waals surface area contributed by atoms with Crippen molar-refractivity contribution in [3.8, 4) is 0 Å². The summed E-state index contributed by atoms with van der Waals surface area (Å²) in [5.74, 6) is 0.238. The fourth-order valence-electron chi connectivity index (χ4n) is 3.86. The van der Waals surface area contributed by atoms with Crippen LogP contribution in [-0.2, 0) is 9.53 Å². The quantitative estimate of drug-likeness (QED) is 0.813. The van der Waals surface area contributed by atoms with Crippen LogP contribution in [0.2, 0.25) is 0 Å². The molecule has 8 heteroatoms. The summed E-state index contributed by atoms with van der Waals surface area (Å²) in [7, 11) is 0. The molecule has 1 aromatic heterocycles. The molecular weight excluding hydrogens is 390 g/mol. The number of hydrogen-bond acceptors (Lipinski definition) is 5. The van der Waals surface area contributed by atoms with E-state index in [0.29, 0.717) is 39.0 Å². The van der Waals surface area contributed by atoms with E-state index in [1.54, 1.807) is 0 Å². The number of carbonyl (C=O) groups excluding carboxylic acids is 3. The molecule has 0 radical (unpaired) electrons. The second kappa shape index (κ2) is 9.15. The monoisotopic (exact) mass is 421 g/mol. The first kappa shape index (κ1) is 21.6. The van der Waals surface area contributed by atoms with E-state index in [1.165, 1.54) is 11.3 Å². The lowest BCUT2D eigenvalue weighted by Crippen LogP contribution is -2.50. The molecule has 1 N–H and O–H groups in total. The van der Waals surface area contributed by atoms with Crippen molar-refractivity contribution in [1.82, 2.24) is 15.1 Å². The van der Waals surface area contributed by atoms with Crippen molar-refractivity contribution < 1.29 is 19.1 Å². The number of amides is 3. The normalized spacial score (nSPS) is 19.1. The second-order valence-corrected chi connectivity index (χ2v) is 9.74. The van der Waals surface area contributed by atoms with Gasteiger partial charge in [-0.1, -0.05) is 6.07 Å². The fraction of sp³-hybridized carbons (Fsp3) is 0.667. The number of ether oxygens (including phenoxy) is 1. The highest BCUT2D eigenvalue weighted by atomic mass is 32.1. The topological polar surface area (TPSA) is 79.0 Å². The summed E-state index contributed by atoms with van der Waals surface area (Å²) in [6.45, 7) is 8.07. The van der Waals surface area contributed by atoms with Crippen molar-refractivity contribution in [2.45, 2.75) is 58.1 Å². The van der Waals surface area contributed by atoms with E-state index in [9.17, 15) is 14.4 Å². The third-order valence-electron chi connectivity index (χ3n) is 5.39. The van der Waals surface area contributed by atoms with Crippen LogP contribution in [0, 0.1) is 5.92 Å². The predicted molar refractivity (Wildman–Crippen MR) is 112 cm³/mol. The zero-order valence-electron chi connectivity index (χ0n) is 17.5. The minimum Gasteiger partial charge on any atom is -0.444 e. The molecular formula is C21H31N3O4S. The number of nitrogens with zero attached hydrogens (tertiary/aromatic N) is 2. The Bertz CT molecular complexity index is 713. The van der Waals surface area contributed by atoms with E-state index in [-0.39, 0.29) is 23.8 Å². The lowest BCUT2D eigenvalue weighted by Gasteiger charge is -2.37. The summed E-state index contributed by atoms with van der Waals surface area (Å²) in [5.41, 5.74) is -0.513. The minimum atomic E-state index is -0.513. The molecule has 2 saturated heterocycles. The number of thiophene rings is 1. The van der Waals surface area contributed by atoms with Gasteiger partial charge in [-0.15, -0.1) is 11.3 Å². The minimum absolute atomic E-state index is 0.0160. The molecule has 3 heterocycles. The fourth-order valence-corrected chi connectivity index (χ4v) is 4.55. The summed E-state index contributed by atoms with van der Waals surface area (Å²) in [6, 6.07) is 3.77. The average Bonchev–Trinajstić information content (AvgIpc) is 3.21. The lowest BCUT2D eigenvalue weighted by molar-refractivity contribution is -0.138. The third kappa shape index (κ3) is 5.95. The van der Waals surface area contributed by atoms with E-state index >= 15 is 0 Å². The zero-order valence-corrected chi connectivity index (χ0v) is 18.3. The Morgan fingerprint density at radius 1 is 1.03 bits per heavy atom. The van der Waals surface area contributed by atoms with Gasteiger partial charge in [0.05, 0.1) is 4.88 Å². The molecule has 2 aliphatic rings. The average molecular weight is 422 g/mol. The third-order valence-corrected chi connectivity index (χ3v) is 6.25. The van der Waals surface area contributed by atoms with Gasteiger partial charge in [-0.2, -0.15) is 0 Å². The summed E-state index contributed by atoms with van der Waals surface area (Å²) < 4.78 is 5.30. The van der Waals surface area contributed by atoms with Gasteiger partial charge in [-0.3, -0.25) is 9.59 Å². The number of nitrogens with one attached hydrogen (secondary N) is 1. The first-order valence-corrected chi connectivity index (χ1v) is 11.2. The van der Waals surface area contributed by atoms with Crippen LogP contribution in [0.25, 0.3) is 0 Å². The number of hydrogen-bond donors (Lipinski definition) is 1. The van der Waals surface area contributed by atoms with E-state index in [2.05, 4.69) is 5.32 Å². The molecule has 160 valence electrons. The van der Waals surface area contributed by atoms with Gasteiger partial charge in [0.2, 0.25) is 5.91 Å². The summed E-state index contributed by atoms with van der Waals surface area (Å²) >= 11 is 1.46. The molecule has 0 unspecified atom stereocenters. The Morgan fingerprint density at radius 2 is 1.66 bits per heavy atom. The van der Waals surface area contributed by atoms with E-state index in [4.69, 9.17) is 4.74 Å². The van der Waals surface area contributed by atoms with Crippen molar-refractivity contribution in [2.24, 2.45) is 5.92 Å². The van der Waals surface area contributed by atoms with Gasteiger partial charge in [-0.05, 0) is 57.9 Å². The second-order valence-electron chi connectivity index (χ2n) is 8.79. The maximum absolute atomic E-state index is 12.9. The van der Waals surface area contributed by atoms with Gasteiger partial charge in [0.15, 0.2) is 0 Å². The maximum Gasteiger partial charge on any atom is 0.407 e. The molecule has 2 fully saturated rings. The number of piperidine rings is 2. The molecule has 0 aromatic carbocycles. The van der Waals surface area contributed by atoms with E-state index in [1.807, 2.05) is 48.1 Å². The summed E-state index contributed by atoms with van der Waals surface area (Å²) in [4.78, 5) is 41.8. The van der Waals surface area contributed by atoms with Gasteiger partial charge in [0, 0.05) is 38.1 Å². The van der Waals surface area contributed by atoms with Crippen molar-refractivity contribution in [3.05, 3.63) is 22.4 Å². The van der Waals surface area contributed by atoms with E-state index in [0.717, 1.165) is 17.7 Å². The van der Waals surface area contributed by atoms with Crippen LogP contribution in [-0.4, -0.2) is 65.5 Å². The van der Waals surface area contributed by atoms with Crippen LogP contribution in [0.3, 0.4) is 0 Å². The highest BCUT2D eigenvalue weighted by Gasteiger charge is 2.33. The van der Waals surface area contributed by atoms with Crippen molar-refractivity contribution in [2.75, 3.05) is 26.2 Å². The summed E-state index contributed by atoms with van der Waals surface area (Å²) in [6.07, 6.45) is 2.50. The number of rotatable bonds is 3. The first-order chi connectivity index (χ1) is 13.7. The Balaban J connectivity index is 1.41. The maximum atomic E-state index is 12.9. The van der Waals surface area contributed by atoms with Crippen LogP contribution in [0.1, 0.15) is 56.1 Å². The van der Waals surface area contributed by atoms with Crippen molar-refractivity contribution >= 4 is 29.2 Å². The molecule has 3 rings (SSSR count). The smallest absolute Gasteiger partial charge is 0.407 e. The zero-order chi connectivity index (χ0) is 21.0. The molecule has 0 saturated carbocycles. The molecule has 1 aromatic rings. The van der Waals surface area contributed by atoms with Crippen molar-refractivity contribution in [3.63, 3.8) is 0 Å². The molecule has 0 spiro atoms. The van der Waals surface area contributed by atoms with Gasteiger partial charge in [0.1, 0.15) is 5.60 Å². The molecule has 3 amide bonds. The predicted octanol–water partition coefficient (Wildman–Crippen LogP) is 3.12. The molecule has 29 heavy (non-hydrogen) atoms. The van der Waals surface area contributed by atoms with Gasteiger partial charge in [0.25, 0.3) is 5.91 Å². The van der Waals surface area contributed by atoms with Gasteiger partial charge in [-0.25, -0.2) is 4.79 Å². The largest absolute Gasteiger partial charge is 0.444 e. The van der Waals surface area contributed by atoms with Crippen molar-refractivity contribution in [1.29, 1.82) is 0 Å². The Kier molecular flexibility index (Phi) is 6.82. The van der Waals surface area contributed by atoms with Crippen LogP contribution in [0.15, 0.2) is 17.5 Å². The standard InChI is InChI=1S/C21H31N3O4S/c1-21(2,3)28-20(27)22-16-8-12-23(13-9-16)18(25)15-6-10-24(11-7-15)19(26)17-5-4-14-29-17/h4-5,14-16H,6-13H2,1-3H3,(H,22,27). The van der Waals surface area contributed by atoms with Gasteiger partial charge < -0.3 is 19.9 Å². The summed E-state index contributed by atoms with van der Waals surface area (Å²) in [5, 5.41) is 4.81.